The molecule has 0 atom stereocenters. The van der Waals surface area contributed by atoms with Crippen LogP contribution in [0.25, 0.3) is 21.7 Å². The quantitative estimate of drug-likeness (QED) is 0.249. The van der Waals surface area contributed by atoms with Crippen LogP contribution < -0.4 is 10.2 Å². The highest BCUT2D eigenvalue weighted by Crippen LogP contribution is 2.41. The van der Waals surface area contributed by atoms with Crippen molar-refractivity contribution in [3.63, 3.8) is 0 Å². The Morgan fingerprint density at radius 3 is 2.74 bits per heavy atom. The number of ether oxygens (including phenoxy) is 1. The van der Waals surface area contributed by atoms with Crippen LogP contribution in [-0.4, -0.2) is 29.3 Å². The number of carbonyl (C=O) groups excluding carboxylic acids is 1. The molecule has 0 saturated carbocycles. The summed E-state index contributed by atoms with van der Waals surface area (Å²) in [6.45, 7) is 0. The van der Waals surface area contributed by atoms with Gasteiger partial charge in [-0.05, 0) is 54.3 Å². The summed E-state index contributed by atoms with van der Waals surface area (Å²) in [7, 11) is 1.59. The molecule has 9 nitrogen and oxygen atoms in total. The van der Waals surface area contributed by atoms with E-state index in [1.165, 1.54) is 12.3 Å². The van der Waals surface area contributed by atoms with E-state index >= 15 is 0 Å². The van der Waals surface area contributed by atoms with Crippen molar-refractivity contribution >= 4 is 39.6 Å². The summed E-state index contributed by atoms with van der Waals surface area (Å²) in [5, 5.41) is 28.5. The average molecular weight is 459 g/mol. The number of benzene rings is 3. The molecular formula is C25H21N3O6. The maximum Gasteiger partial charge on any atom is 0.315 e. The van der Waals surface area contributed by atoms with E-state index in [-0.39, 0.29) is 5.56 Å². The van der Waals surface area contributed by atoms with Gasteiger partial charge in [0.25, 0.3) is 5.91 Å². The lowest BCUT2D eigenvalue weighted by Gasteiger charge is -2.10. The third-order valence-corrected chi connectivity index (χ3v) is 6.10. The summed E-state index contributed by atoms with van der Waals surface area (Å²) < 4.78 is 11.1. The molecule has 34 heavy (non-hydrogen) atoms. The number of aryl methyl sites for hydroxylation is 2. The number of hydrogen-bond acceptors (Lipinski definition) is 7. The first-order chi connectivity index (χ1) is 16.5. The normalized spacial score (nSPS) is 13.3. The van der Waals surface area contributed by atoms with E-state index in [2.05, 4.69) is 10.5 Å². The number of methoxy groups -OCH3 is 1. The van der Waals surface area contributed by atoms with Gasteiger partial charge >= 0.3 is 5.69 Å². The Labute approximate surface area is 193 Å². The molecular weight excluding hydrogens is 438 g/mol. The Bertz CT molecular complexity index is 1490. The minimum absolute atomic E-state index is 0.155. The average Bonchev–Trinajstić information content (AvgIpc) is 3.22. The second-order valence-corrected chi connectivity index (χ2v) is 8.13. The van der Waals surface area contributed by atoms with Gasteiger partial charge in [-0.1, -0.05) is 12.1 Å². The molecule has 0 saturated heterocycles. The van der Waals surface area contributed by atoms with Crippen LogP contribution in [0.1, 0.15) is 40.1 Å². The Morgan fingerprint density at radius 2 is 1.94 bits per heavy atom. The Hall–Kier alpha value is -4.40. The third kappa shape index (κ3) is 3.71. The summed E-state index contributed by atoms with van der Waals surface area (Å²) in [4.78, 5) is 23.5. The number of nitrogens with zero attached hydrogens (tertiary/aromatic N) is 2. The lowest BCUT2D eigenvalue weighted by Crippen LogP contribution is -2.17. The van der Waals surface area contributed by atoms with E-state index in [1.54, 1.807) is 19.2 Å². The van der Waals surface area contributed by atoms with Gasteiger partial charge in [0, 0.05) is 22.9 Å². The molecule has 0 bridgehead atoms. The van der Waals surface area contributed by atoms with Gasteiger partial charge in [-0.25, -0.2) is 5.43 Å². The van der Waals surface area contributed by atoms with Gasteiger partial charge in [0.2, 0.25) is 5.75 Å². The maximum atomic E-state index is 12.7. The molecule has 0 fully saturated rings. The Balaban J connectivity index is 1.47. The number of amides is 1. The van der Waals surface area contributed by atoms with Crippen LogP contribution in [0.5, 0.6) is 11.5 Å². The lowest BCUT2D eigenvalue weighted by atomic mass is 9.93. The largest absolute Gasteiger partial charge is 0.502 e. The zero-order valence-electron chi connectivity index (χ0n) is 18.3. The summed E-state index contributed by atoms with van der Waals surface area (Å²) in [5.41, 5.74) is 3.76. The van der Waals surface area contributed by atoms with Crippen LogP contribution in [0.2, 0.25) is 0 Å². The van der Waals surface area contributed by atoms with Crippen LogP contribution in [0.3, 0.4) is 0 Å². The van der Waals surface area contributed by atoms with Gasteiger partial charge in [-0.3, -0.25) is 14.9 Å². The van der Waals surface area contributed by atoms with Crippen LogP contribution in [0.4, 0.5) is 5.69 Å². The number of phenolic OH excluding ortho intramolecular Hbond substituents is 1. The standard InChI is InChI=1S/C25H21N3O6/c1-33-17-9-8-14-10-16(7-6-15(14)11-17)25(30)27-26-13-19-23-18-4-2-3-5-21(18)34-22(23)12-20(24(19)29)28(31)32/h6-13,29H,2-5H2,1H3,(H,27,30). The van der Waals surface area contributed by atoms with E-state index in [9.17, 15) is 20.0 Å². The van der Waals surface area contributed by atoms with Crippen molar-refractivity contribution in [2.24, 2.45) is 5.10 Å². The zero-order valence-corrected chi connectivity index (χ0v) is 18.3. The second-order valence-electron chi connectivity index (χ2n) is 8.13. The van der Waals surface area contributed by atoms with Crippen molar-refractivity contribution < 1.29 is 24.0 Å². The highest BCUT2D eigenvalue weighted by atomic mass is 16.6. The van der Waals surface area contributed by atoms with E-state index in [1.807, 2.05) is 24.3 Å². The molecule has 2 N–H and O–H groups in total. The molecule has 0 aliphatic heterocycles. The van der Waals surface area contributed by atoms with Gasteiger partial charge in [-0.15, -0.1) is 0 Å². The van der Waals surface area contributed by atoms with E-state index in [0.717, 1.165) is 53.5 Å². The number of furan rings is 1. The molecule has 0 radical (unpaired) electrons. The van der Waals surface area contributed by atoms with Crippen LogP contribution >= 0.6 is 0 Å². The molecule has 1 aromatic heterocycles. The minimum atomic E-state index is -0.670. The number of nitrogens with one attached hydrogen (secondary N) is 1. The predicted octanol–water partition coefficient (Wildman–Crippen LogP) is 4.85. The monoisotopic (exact) mass is 459 g/mol. The molecule has 9 heteroatoms. The molecule has 1 aliphatic rings. The van der Waals surface area contributed by atoms with Crippen molar-refractivity contribution in [2.45, 2.75) is 25.7 Å². The highest BCUT2D eigenvalue weighted by Gasteiger charge is 2.27. The first kappa shape index (κ1) is 21.4. The molecule has 1 amide bonds. The number of fused-ring (bicyclic) bond motifs is 4. The van der Waals surface area contributed by atoms with Crippen molar-refractivity contribution in [3.05, 3.63) is 75.0 Å². The predicted molar refractivity (Wildman–Crippen MR) is 127 cm³/mol. The molecule has 1 aliphatic carbocycles. The molecule has 172 valence electrons. The van der Waals surface area contributed by atoms with Crippen molar-refractivity contribution in [1.29, 1.82) is 0 Å². The maximum absolute atomic E-state index is 12.7. The zero-order chi connectivity index (χ0) is 23.8. The fourth-order valence-corrected chi connectivity index (χ4v) is 4.41. The van der Waals surface area contributed by atoms with Crippen molar-refractivity contribution in [3.8, 4) is 11.5 Å². The Morgan fingerprint density at radius 1 is 1.18 bits per heavy atom. The fourth-order valence-electron chi connectivity index (χ4n) is 4.41. The molecule has 0 spiro atoms. The Kier molecular flexibility index (Phi) is 5.37. The van der Waals surface area contributed by atoms with Gasteiger partial charge in [0.05, 0.1) is 29.9 Å². The van der Waals surface area contributed by atoms with Gasteiger partial charge in [-0.2, -0.15) is 5.10 Å². The number of carbonyl (C=O) groups is 1. The van der Waals surface area contributed by atoms with E-state index in [0.29, 0.717) is 16.5 Å². The second kappa shape index (κ2) is 8.51. The first-order valence-corrected chi connectivity index (χ1v) is 10.8. The molecule has 0 unspecified atom stereocenters. The number of nitro benzene ring substituents is 1. The number of phenols is 1. The highest BCUT2D eigenvalue weighted by molar-refractivity contribution is 6.05. The number of nitro groups is 1. The summed E-state index contributed by atoms with van der Waals surface area (Å²) in [5.74, 6) is 0.528. The van der Waals surface area contributed by atoms with Crippen LogP contribution in [-0.2, 0) is 12.8 Å². The number of rotatable bonds is 5. The number of hydrogen-bond donors (Lipinski definition) is 2. The summed E-state index contributed by atoms with van der Waals surface area (Å²) >= 11 is 0. The van der Waals surface area contributed by atoms with Crippen LogP contribution in [0, 0.1) is 10.1 Å². The van der Waals surface area contributed by atoms with E-state index in [4.69, 9.17) is 9.15 Å². The molecule has 3 aromatic carbocycles. The van der Waals surface area contributed by atoms with E-state index < -0.39 is 22.3 Å². The van der Waals surface area contributed by atoms with Gasteiger partial charge in [0.15, 0.2) is 0 Å². The van der Waals surface area contributed by atoms with Crippen molar-refractivity contribution in [1.82, 2.24) is 5.43 Å². The summed E-state index contributed by atoms with van der Waals surface area (Å²) in [6, 6.07) is 12.0. The lowest BCUT2D eigenvalue weighted by molar-refractivity contribution is -0.385. The smallest absolute Gasteiger partial charge is 0.315 e. The summed E-state index contributed by atoms with van der Waals surface area (Å²) in [6.07, 6.45) is 4.65. The van der Waals surface area contributed by atoms with Gasteiger partial charge < -0.3 is 14.3 Å². The first-order valence-electron chi connectivity index (χ1n) is 10.8. The molecule has 4 aromatic rings. The molecule has 5 rings (SSSR count). The SMILES string of the molecule is COc1ccc2cc(C(=O)NN=Cc3c(O)c([N+](=O)[O-])cc4oc5c(c34)CCCC5)ccc2c1. The van der Waals surface area contributed by atoms with Crippen molar-refractivity contribution in [2.75, 3.05) is 7.11 Å². The molecule has 1 heterocycles. The fraction of sp³-hybridized carbons (Fsp3) is 0.200. The minimum Gasteiger partial charge on any atom is -0.502 e. The topological polar surface area (TPSA) is 127 Å². The number of aromatic hydroxyl groups is 1. The number of hydrazone groups is 1. The van der Waals surface area contributed by atoms with Gasteiger partial charge in [0.1, 0.15) is 17.1 Å². The van der Waals surface area contributed by atoms with Crippen LogP contribution in [0.15, 0.2) is 52.0 Å². The third-order valence-electron chi connectivity index (χ3n) is 6.10.